The van der Waals surface area contributed by atoms with Gasteiger partial charge in [0.2, 0.25) is 6.62 Å². The van der Waals surface area contributed by atoms with Gasteiger partial charge in [0.25, 0.3) is 0 Å². The van der Waals surface area contributed by atoms with Gasteiger partial charge in [-0.05, 0) is 62.2 Å². The fourth-order valence-electron chi connectivity index (χ4n) is 3.15. The monoisotopic (exact) mass is 423 g/mol. The van der Waals surface area contributed by atoms with E-state index in [9.17, 15) is 4.79 Å². The van der Waals surface area contributed by atoms with E-state index in [1.54, 1.807) is 6.92 Å². The van der Waals surface area contributed by atoms with Crippen LogP contribution in [0.2, 0.25) is 0 Å². The third kappa shape index (κ3) is 4.96. The highest BCUT2D eigenvalue weighted by Gasteiger charge is 2.44. The molecule has 0 aliphatic carbocycles. The van der Waals surface area contributed by atoms with Gasteiger partial charge in [-0.3, -0.25) is 0 Å². The number of benzene rings is 3. The summed E-state index contributed by atoms with van der Waals surface area (Å²) < 4.78 is 5.03. The number of ether oxygens (including phenoxy) is 1. The van der Waals surface area contributed by atoms with Crippen molar-refractivity contribution in [3.05, 3.63) is 102 Å². The predicted octanol–water partition coefficient (Wildman–Crippen LogP) is 5.19. The van der Waals surface area contributed by atoms with E-state index in [1.807, 2.05) is 49.4 Å². The number of allylic oxidation sites excluding steroid dienone is 1. The van der Waals surface area contributed by atoms with E-state index in [4.69, 9.17) is 16.0 Å². The normalized spacial score (nSPS) is 11.9. The van der Waals surface area contributed by atoms with E-state index in [2.05, 4.69) is 48.5 Å². The Labute approximate surface area is 178 Å². The summed E-state index contributed by atoms with van der Waals surface area (Å²) in [7, 11) is 0. The molecule has 3 rings (SSSR count). The highest BCUT2D eigenvalue weighted by atomic mass is 35.7. The van der Waals surface area contributed by atoms with Crippen LogP contribution in [0, 0.1) is 0 Å². The molecule has 2 nitrogen and oxygen atoms in total. The molecular formula is C25H25ClO2P+. The van der Waals surface area contributed by atoms with Crippen LogP contribution < -0.4 is 15.9 Å². The minimum Gasteiger partial charge on any atom is -0.463 e. The first kappa shape index (κ1) is 21.3. The fourth-order valence-corrected chi connectivity index (χ4v) is 6.79. The fraction of sp³-hybridized carbons (Fsp3) is 0.160. The van der Waals surface area contributed by atoms with Crippen LogP contribution in [0.5, 0.6) is 0 Å². The number of halogens is 1. The number of carbonyl (C=O) groups excluding carboxylic acids is 1. The Morgan fingerprint density at radius 1 is 0.862 bits per heavy atom. The smallest absolute Gasteiger partial charge is 0.333 e. The average Bonchev–Trinajstić information content (AvgIpc) is 2.78. The minimum absolute atomic E-state index is 0.261. The molecule has 0 unspecified atom stereocenters. The maximum absolute atomic E-state index is 11.8. The van der Waals surface area contributed by atoms with Crippen LogP contribution >= 0.6 is 17.9 Å². The van der Waals surface area contributed by atoms with Crippen LogP contribution in [-0.2, 0) is 16.0 Å². The topological polar surface area (TPSA) is 26.3 Å². The lowest BCUT2D eigenvalue weighted by Gasteiger charge is -2.19. The Morgan fingerprint density at radius 2 is 1.34 bits per heavy atom. The van der Waals surface area contributed by atoms with Gasteiger partial charge in [-0.2, -0.15) is 0 Å². The van der Waals surface area contributed by atoms with Gasteiger partial charge >= 0.3 is 5.97 Å². The van der Waals surface area contributed by atoms with Crippen molar-refractivity contribution in [3.8, 4) is 0 Å². The Bertz CT molecular complexity index is 927. The molecule has 0 aliphatic rings. The second-order valence-corrected chi connectivity index (χ2v) is 11.0. The van der Waals surface area contributed by atoms with Crippen molar-refractivity contribution in [2.24, 2.45) is 0 Å². The SMILES string of the molecule is CCOC(=O)/C(C)=C/Cc1ccc([P+](Cl)(c2ccccc2)c2ccccc2)cc1. The summed E-state index contributed by atoms with van der Waals surface area (Å²) in [4.78, 5) is 11.8. The van der Waals surface area contributed by atoms with Crippen LogP contribution in [0.4, 0.5) is 0 Å². The van der Waals surface area contributed by atoms with E-state index in [0.717, 1.165) is 21.5 Å². The molecule has 0 fully saturated rings. The predicted molar refractivity (Wildman–Crippen MR) is 125 cm³/mol. The Hall–Kier alpha value is -2.41. The zero-order valence-electron chi connectivity index (χ0n) is 16.7. The molecule has 148 valence electrons. The first-order valence-corrected chi connectivity index (χ1v) is 12.4. The summed E-state index contributed by atoms with van der Waals surface area (Å²) in [6, 6.07) is 29.0. The Kier molecular flexibility index (Phi) is 7.25. The van der Waals surface area contributed by atoms with Crippen LogP contribution in [0.1, 0.15) is 19.4 Å². The molecule has 0 saturated heterocycles. The van der Waals surface area contributed by atoms with Gasteiger partial charge in [0, 0.05) is 5.57 Å². The van der Waals surface area contributed by atoms with Crippen LogP contribution in [0.25, 0.3) is 0 Å². The first-order valence-electron chi connectivity index (χ1n) is 9.69. The lowest BCUT2D eigenvalue weighted by Crippen LogP contribution is -2.27. The zero-order valence-corrected chi connectivity index (χ0v) is 18.4. The number of hydrogen-bond acceptors (Lipinski definition) is 2. The molecule has 0 aromatic heterocycles. The molecule has 3 aromatic carbocycles. The molecule has 0 radical (unpaired) electrons. The number of rotatable bonds is 7. The molecule has 0 bridgehead atoms. The summed E-state index contributed by atoms with van der Waals surface area (Å²) in [5.74, 6) is -0.261. The molecule has 4 heteroatoms. The number of hydrogen-bond donors (Lipinski definition) is 0. The Balaban J connectivity index is 1.91. The zero-order chi connectivity index (χ0) is 20.7. The molecular weight excluding hydrogens is 399 g/mol. The maximum atomic E-state index is 11.8. The molecule has 0 saturated carbocycles. The van der Waals surface area contributed by atoms with Gasteiger partial charge in [-0.1, -0.05) is 54.6 Å². The summed E-state index contributed by atoms with van der Waals surface area (Å²) in [5.41, 5.74) is 1.76. The van der Waals surface area contributed by atoms with Crippen molar-refractivity contribution in [1.29, 1.82) is 0 Å². The van der Waals surface area contributed by atoms with E-state index >= 15 is 0 Å². The van der Waals surface area contributed by atoms with E-state index < -0.39 is 6.62 Å². The number of carbonyl (C=O) groups is 1. The van der Waals surface area contributed by atoms with Crippen molar-refractivity contribution in [1.82, 2.24) is 0 Å². The van der Waals surface area contributed by atoms with Crippen molar-refractivity contribution < 1.29 is 9.53 Å². The number of esters is 1. The summed E-state index contributed by atoms with van der Waals surface area (Å²) in [5, 5.41) is 3.39. The molecule has 0 atom stereocenters. The summed E-state index contributed by atoms with van der Waals surface area (Å²) in [6.45, 7) is 1.76. The quantitative estimate of drug-likeness (QED) is 0.297. The molecule has 0 aliphatic heterocycles. The summed E-state index contributed by atoms with van der Waals surface area (Å²) in [6.07, 6.45) is 2.58. The second kappa shape index (κ2) is 9.87. The van der Waals surface area contributed by atoms with Gasteiger partial charge in [0.1, 0.15) is 27.2 Å². The van der Waals surface area contributed by atoms with E-state index in [-0.39, 0.29) is 5.97 Å². The van der Waals surface area contributed by atoms with Gasteiger partial charge in [0.05, 0.1) is 6.61 Å². The van der Waals surface area contributed by atoms with Crippen molar-refractivity contribution in [2.75, 3.05) is 6.61 Å². The molecule has 3 aromatic rings. The molecule has 29 heavy (non-hydrogen) atoms. The first-order chi connectivity index (χ1) is 14.1. The highest BCUT2D eigenvalue weighted by molar-refractivity contribution is 8.14. The average molecular weight is 424 g/mol. The van der Waals surface area contributed by atoms with Gasteiger partial charge < -0.3 is 4.74 Å². The third-order valence-corrected chi connectivity index (χ3v) is 9.54. The van der Waals surface area contributed by atoms with Gasteiger partial charge in [-0.25, -0.2) is 4.79 Å². The second-order valence-electron chi connectivity index (χ2n) is 6.74. The van der Waals surface area contributed by atoms with Crippen molar-refractivity contribution in [3.63, 3.8) is 0 Å². The molecule has 0 amide bonds. The lowest BCUT2D eigenvalue weighted by molar-refractivity contribution is -0.138. The van der Waals surface area contributed by atoms with Crippen LogP contribution in [-0.4, -0.2) is 12.6 Å². The largest absolute Gasteiger partial charge is 0.463 e. The molecule has 0 heterocycles. The maximum Gasteiger partial charge on any atom is 0.333 e. The van der Waals surface area contributed by atoms with Crippen molar-refractivity contribution >= 4 is 39.7 Å². The van der Waals surface area contributed by atoms with Crippen LogP contribution in [0.3, 0.4) is 0 Å². The molecule has 0 spiro atoms. The highest BCUT2D eigenvalue weighted by Crippen LogP contribution is 2.60. The van der Waals surface area contributed by atoms with E-state index in [0.29, 0.717) is 18.6 Å². The molecule has 0 N–H and O–H groups in total. The Morgan fingerprint density at radius 3 is 1.83 bits per heavy atom. The lowest BCUT2D eigenvalue weighted by atomic mass is 10.1. The van der Waals surface area contributed by atoms with Gasteiger partial charge in [-0.15, -0.1) is 0 Å². The van der Waals surface area contributed by atoms with Crippen LogP contribution in [0.15, 0.2) is 96.6 Å². The third-order valence-electron chi connectivity index (χ3n) is 4.76. The van der Waals surface area contributed by atoms with Gasteiger partial charge in [0.15, 0.2) is 0 Å². The van der Waals surface area contributed by atoms with Crippen molar-refractivity contribution in [2.45, 2.75) is 20.3 Å². The summed E-state index contributed by atoms with van der Waals surface area (Å²) >= 11 is 7.41. The standard InChI is InChI=1S/C25H25ClO2P/c1-3-28-25(27)20(2)14-15-21-16-18-24(19-17-21)29(26,22-10-6-4-7-11-22)23-12-8-5-9-13-23/h4-14,16-19H,3,15H2,1-2H3/q+1/b20-14+. The minimum atomic E-state index is -2.23. The van der Waals surface area contributed by atoms with E-state index in [1.165, 1.54) is 0 Å².